The molecule has 1 aromatic heterocycles. The number of ether oxygens (including phenoxy) is 1. The van der Waals surface area contributed by atoms with Gasteiger partial charge in [0.15, 0.2) is 0 Å². The molecule has 2 rings (SSSR count). The standard InChI is InChI=1S/C14H22BrN3O2/c1-17-9-11(15)8-13(17)14(19)18(6-7-20-2)10-12-4-3-5-16-12/h8-9,12,16H,3-7,10H2,1-2H3. The van der Waals surface area contributed by atoms with Gasteiger partial charge in [-0.15, -0.1) is 0 Å². The average Bonchev–Trinajstić information content (AvgIpc) is 3.03. The molecule has 1 amide bonds. The summed E-state index contributed by atoms with van der Waals surface area (Å²) >= 11 is 3.41. The molecular weight excluding hydrogens is 322 g/mol. The number of hydrogen-bond acceptors (Lipinski definition) is 3. The Labute approximate surface area is 128 Å². The fourth-order valence-corrected chi connectivity index (χ4v) is 3.08. The topological polar surface area (TPSA) is 46.5 Å². The van der Waals surface area contributed by atoms with Crippen molar-refractivity contribution in [3.05, 3.63) is 22.4 Å². The number of carbonyl (C=O) groups excluding carboxylic acids is 1. The molecule has 6 heteroatoms. The van der Waals surface area contributed by atoms with E-state index in [-0.39, 0.29) is 5.91 Å². The summed E-state index contributed by atoms with van der Waals surface area (Å²) in [6.07, 6.45) is 4.22. The minimum absolute atomic E-state index is 0.0592. The number of aromatic nitrogens is 1. The first-order valence-corrected chi connectivity index (χ1v) is 7.74. The molecular formula is C14H22BrN3O2. The van der Waals surface area contributed by atoms with Gasteiger partial charge in [0.1, 0.15) is 5.69 Å². The summed E-state index contributed by atoms with van der Waals surface area (Å²) in [5.41, 5.74) is 0.700. The van der Waals surface area contributed by atoms with Crippen molar-refractivity contribution in [1.29, 1.82) is 0 Å². The van der Waals surface area contributed by atoms with Crippen LogP contribution in [-0.2, 0) is 11.8 Å². The quantitative estimate of drug-likeness (QED) is 0.853. The van der Waals surface area contributed by atoms with E-state index in [9.17, 15) is 4.79 Å². The van der Waals surface area contributed by atoms with Gasteiger partial charge in [-0.3, -0.25) is 4.79 Å². The molecule has 0 bridgehead atoms. The first-order chi connectivity index (χ1) is 9.61. The van der Waals surface area contributed by atoms with Gasteiger partial charge in [-0.2, -0.15) is 0 Å². The van der Waals surface area contributed by atoms with Crippen molar-refractivity contribution >= 4 is 21.8 Å². The van der Waals surface area contributed by atoms with Gasteiger partial charge >= 0.3 is 0 Å². The third-order valence-electron chi connectivity index (χ3n) is 3.65. The minimum atomic E-state index is 0.0592. The maximum atomic E-state index is 12.7. The molecule has 1 fully saturated rings. The molecule has 0 saturated carbocycles. The van der Waals surface area contributed by atoms with Crippen LogP contribution in [0.1, 0.15) is 23.3 Å². The summed E-state index contributed by atoms with van der Waals surface area (Å²) in [7, 11) is 3.55. The van der Waals surface area contributed by atoms with Crippen LogP contribution in [0.4, 0.5) is 0 Å². The monoisotopic (exact) mass is 343 g/mol. The molecule has 2 heterocycles. The highest BCUT2D eigenvalue weighted by Gasteiger charge is 2.23. The minimum Gasteiger partial charge on any atom is -0.383 e. The Balaban J connectivity index is 2.07. The molecule has 112 valence electrons. The van der Waals surface area contributed by atoms with Crippen molar-refractivity contribution in [2.24, 2.45) is 7.05 Å². The second-order valence-corrected chi connectivity index (χ2v) is 6.11. The average molecular weight is 344 g/mol. The largest absolute Gasteiger partial charge is 0.383 e. The molecule has 20 heavy (non-hydrogen) atoms. The Morgan fingerprint density at radius 1 is 1.65 bits per heavy atom. The van der Waals surface area contributed by atoms with Gasteiger partial charge in [0.25, 0.3) is 5.91 Å². The molecule has 1 aromatic rings. The first kappa shape index (κ1) is 15.5. The Kier molecular flexibility index (Phi) is 5.63. The second-order valence-electron chi connectivity index (χ2n) is 5.19. The van der Waals surface area contributed by atoms with E-state index in [1.807, 2.05) is 28.8 Å². The van der Waals surface area contributed by atoms with Crippen LogP contribution in [0.3, 0.4) is 0 Å². The zero-order valence-corrected chi connectivity index (χ0v) is 13.6. The normalized spacial score (nSPS) is 18.4. The van der Waals surface area contributed by atoms with Crippen LogP contribution < -0.4 is 5.32 Å². The summed E-state index contributed by atoms with van der Waals surface area (Å²) in [6, 6.07) is 2.27. The van der Waals surface area contributed by atoms with Gasteiger partial charge in [-0.05, 0) is 41.4 Å². The van der Waals surface area contributed by atoms with Gasteiger partial charge in [0.05, 0.1) is 6.61 Å². The Morgan fingerprint density at radius 2 is 2.45 bits per heavy atom. The van der Waals surface area contributed by atoms with E-state index in [0.29, 0.717) is 24.9 Å². The van der Waals surface area contributed by atoms with Crippen molar-refractivity contribution in [1.82, 2.24) is 14.8 Å². The molecule has 0 aliphatic carbocycles. The van der Waals surface area contributed by atoms with Gasteiger partial charge in [-0.25, -0.2) is 0 Å². The lowest BCUT2D eigenvalue weighted by atomic mass is 10.2. The number of halogens is 1. The van der Waals surface area contributed by atoms with Crippen LogP contribution in [0.5, 0.6) is 0 Å². The number of methoxy groups -OCH3 is 1. The van der Waals surface area contributed by atoms with Crippen LogP contribution in [-0.4, -0.2) is 54.8 Å². The lowest BCUT2D eigenvalue weighted by Gasteiger charge is -2.25. The van der Waals surface area contributed by atoms with Crippen molar-refractivity contribution in [3.8, 4) is 0 Å². The fourth-order valence-electron chi connectivity index (χ4n) is 2.55. The van der Waals surface area contributed by atoms with Gasteiger partial charge in [-0.1, -0.05) is 0 Å². The first-order valence-electron chi connectivity index (χ1n) is 6.95. The Hall–Kier alpha value is -0.850. The predicted molar refractivity (Wildman–Crippen MR) is 81.9 cm³/mol. The molecule has 1 saturated heterocycles. The molecule has 0 aromatic carbocycles. The lowest BCUT2D eigenvalue weighted by Crippen LogP contribution is -2.43. The number of aryl methyl sites for hydroxylation is 1. The molecule has 5 nitrogen and oxygen atoms in total. The highest BCUT2D eigenvalue weighted by atomic mass is 79.9. The van der Waals surface area contributed by atoms with Crippen LogP contribution >= 0.6 is 15.9 Å². The molecule has 0 radical (unpaired) electrons. The van der Waals surface area contributed by atoms with Gasteiger partial charge in [0.2, 0.25) is 0 Å². The van der Waals surface area contributed by atoms with E-state index in [0.717, 1.165) is 24.0 Å². The second kappa shape index (κ2) is 7.24. The van der Waals surface area contributed by atoms with Crippen molar-refractivity contribution < 1.29 is 9.53 Å². The van der Waals surface area contributed by atoms with Crippen LogP contribution in [0.15, 0.2) is 16.7 Å². The summed E-state index contributed by atoms with van der Waals surface area (Å²) in [6.45, 7) is 2.97. The lowest BCUT2D eigenvalue weighted by molar-refractivity contribution is 0.0670. The third-order valence-corrected chi connectivity index (χ3v) is 4.08. The molecule has 1 aliphatic heterocycles. The van der Waals surface area contributed by atoms with E-state index < -0.39 is 0 Å². The van der Waals surface area contributed by atoms with E-state index in [2.05, 4.69) is 21.2 Å². The van der Waals surface area contributed by atoms with Gasteiger partial charge in [0, 0.05) is 44.0 Å². The molecule has 1 N–H and O–H groups in total. The predicted octanol–water partition coefficient (Wildman–Crippen LogP) is 1.63. The molecule has 1 atom stereocenters. The van der Waals surface area contributed by atoms with Crippen LogP contribution in [0, 0.1) is 0 Å². The smallest absolute Gasteiger partial charge is 0.270 e. The van der Waals surface area contributed by atoms with Crippen molar-refractivity contribution in [2.45, 2.75) is 18.9 Å². The highest BCUT2D eigenvalue weighted by Crippen LogP contribution is 2.16. The number of rotatable bonds is 6. The van der Waals surface area contributed by atoms with E-state index in [4.69, 9.17) is 4.74 Å². The van der Waals surface area contributed by atoms with Crippen molar-refractivity contribution in [3.63, 3.8) is 0 Å². The SMILES string of the molecule is COCCN(CC1CCCN1)C(=O)c1cc(Br)cn1C. The summed E-state index contributed by atoms with van der Waals surface area (Å²) < 4.78 is 7.91. The third kappa shape index (κ3) is 3.84. The molecule has 0 spiro atoms. The maximum absolute atomic E-state index is 12.7. The number of hydrogen-bond donors (Lipinski definition) is 1. The zero-order chi connectivity index (χ0) is 14.5. The molecule has 1 unspecified atom stereocenters. The van der Waals surface area contributed by atoms with E-state index >= 15 is 0 Å². The maximum Gasteiger partial charge on any atom is 0.270 e. The number of nitrogens with zero attached hydrogens (tertiary/aromatic N) is 2. The van der Waals surface area contributed by atoms with Crippen LogP contribution in [0.2, 0.25) is 0 Å². The van der Waals surface area contributed by atoms with E-state index in [1.165, 1.54) is 6.42 Å². The number of nitrogens with one attached hydrogen (secondary N) is 1. The van der Waals surface area contributed by atoms with E-state index in [1.54, 1.807) is 7.11 Å². The highest BCUT2D eigenvalue weighted by molar-refractivity contribution is 9.10. The zero-order valence-electron chi connectivity index (χ0n) is 12.1. The number of amides is 1. The summed E-state index contributed by atoms with van der Waals surface area (Å²) in [4.78, 5) is 14.6. The fraction of sp³-hybridized carbons (Fsp3) is 0.643. The molecule has 1 aliphatic rings. The Bertz CT molecular complexity index is 455. The summed E-state index contributed by atoms with van der Waals surface area (Å²) in [5, 5.41) is 3.44. The van der Waals surface area contributed by atoms with Gasteiger partial charge < -0.3 is 19.5 Å². The Morgan fingerprint density at radius 3 is 3.00 bits per heavy atom. The summed E-state index contributed by atoms with van der Waals surface area (Å²) in [5.74, 6) is 0.0592. The van der Waals surface area contributed by atoms with Crippen LogP contribution in [0.25, 0.3) is 0 Å². The number of carbonyl (C=O) groups is 1. The van der Waals surface area contributed by atoms with Crippen molar-refractivity contribution in [2.75, 3.05) is 33.4 Å².